The summed E-state index contributed by atoms with van der Waals surface area (Å²) >= 11 is 0. The summed E-state index contributed by atoms with van der Waals surface area (Å²) in [6.45, 7) is 0.391. The van der Waals surface area contributed by atoms with Crippen molar-refractivity contribution in [3.05, 3.63) is 66.6 Å². The Hall–Kier alpha value is -2.75. The van der Waals surface area contributed by atoms with Crippen LogP contribution in [0.1, 0.15) is 5.82 Å². The molecule has 0 aliphatic carbocycles. The lowest BCUT2D eigenvalue weighted by molar-refractivity contribution is 0.297. The van der Waals surface area contributed by atoms with Gasteiger partial charge in [0.1, 0.15) is 23.9 Å². The highest BCUT2D eigenvalue weighted by atomic mass is 16.5. The smallest absolute Gasteiger partial charge is 0.146 e. The number of phenols is 1. The van der Waals surface area contributed by atoms with Crippen LogP contribution in [0.3, 0.4) is 0 Å². The molecule has 4 heteroatoms. The van der Waals surface area contributed by atoms with Crippen molar-refractivity contribution in [3.63, 3.8) is 0 Å². The summed E-state index contributed by atoms with van der Waals surface area (Å²) in [6.07, 6.45) is 1.83. The average Bonchev–Trinajstić information content (AvgIpc) is 2.96. The van der Waals surface area contributed by atoms with Crippen LogP contribution in [0.4, 0.5) is 0 Å². The van der Waals surface area contributed by atoms with E-state index in [1.807, 2.05) is 48.7 Å². The SMILES string of the molecule is Oc1ccc(-c2c[nH]c(COc3ccccc3)n2)cc1. The maximum absolute atomic E-state index is 9.27. The van der Waals surface area contributed by atoms with Crippen LogP contribution in [-0.4, -0.2) is 15.1 Å². The fourth-order valence-electron chi connectivity index (χ4n) is 1.88. The fraction of sp³-hybridized carbons (Fsp3) is 0.0625. The number of hydrogen-bond acceptors (Lipinski definition) is 3. The maximum atomic E-state index is 9.27. The first-order valence-electron chi connectivity index (χ1n) is 6.33. The monoisotopic (exact) mass is 266 g/mol. The van der Waals surface area contributed by atoms with Crippen molar-refractivity contribution in [3.8, 4) is 22.8 Å². The first-order valence-corrected chi connectivity index (χ1v) is 6.33. The number of ether oxygens (including phenoxy) is 1. The Morgan fingerprint density at radius 2 is 1.75 bits per heavy atom. The number of para-hydroxylation sites is 1. The van der Waals surface area contributed by atoms with E-state index < -0.39 is 0 Å². The van der Waals surface area contributed by atoms with Gasteiger partial charge in [-0.2, -0.15) is 0 Å². The van der Waals surface area contributed by atoms with Gasteiger partial charge in [0.05, 0.1) is 5.69 Å². The quantitative estimate of drug-likeness (QED) is 0.761. The molecule has 2 N–H and O–H groups in total. The molecule has 0 aliphatic rings. The number of aromatic nitrogens is 2. The largest absolute Gasteiger partial charge is 0.508 e. The summed E-state index contributed by atoms with van der Waals surface area (Å²) in [7, 11) is 0. The van der Waals surface area contributed by atoms with Crippen molar-refractivity contribution in [2.45, 2.75) is 6.61 Å². The van der Waals surface area contributed by atoms with Crippen molar-refractivity contribution >= 4 is 0 Å². The summed E-state index contributed by atoms with van der Waals surface area (Å²) < 4.78 is 5.63. The maximum Gasteiger partial charge on any atom is 0.146 e. The van der Waals surface area contributed by atoms with Crippen LogP contribution in [0.5, 0.6) is 11.5 Å². The Bertz CT molecular complexity index is 675. The van der Waals surface area contributed by atoms with E-state index in [0.717, 1.165) is 22.8 Å². The molecule has 0 aliphatic heterocycles. The molecular formula is C16H14N2O2. The van der Waals surface area contributed by atoms with Crippen molar-refractivity contribution in [2.75, 3.05) is 0 Å². The fourth-order valence-corrected chi connectivity index (χ4v) is 1.88. The number of rotatable bonds is 4. The van der Waals surface area contributed by atoms with Crippen LogP contribution in [0.25, 0.3) is 11.3 Å². The predicted molar refractivity (Wildman–Crippen MR) is 76.5 cm³/mol. The Kier molecular flexibility index (Phi) is 3.37. The molecule has 20 heavy (non-hydrogen) atoms. The van der Waals surface area contributed by atoms with Gasteiger partial charge in [-0.25, -0.2) is 4.98 Å². The molecule has 0 spiro atoms. The summed E-state index contributed by atoms with van der Waals surface area (Å²) in [5.74, 6) is 1.82. The molecule has 0 atom stereocenters. The molecule has 4 nitrogen and oxygen atoms in total. The molecular weight excluding hydrogens is 252 g/mol. The molecule has 100 valence electrons. The van der Waals surface area contributed by atoms with Crippen LogP contribution < -0.4 is 4.74 Å². The van der Waals surface area contributed by atoms with Gasteiger partial charge in [-0.15, -0.1) is 0 Å². The van der Waals surface area contributed by atoms with Crippen molar-refractivity contribution in [1.82, 2.24) is 9.97 Å². The standard InChI is InChI=1S/C16H14N2O2/c19-13-8-6-12(7-9-13)15-10-17-16(18-15)11-20-14-4-2-1-3-5-14/h1-10,19H,11H2,(H,17,18). The Morgan fingerprint density at radius 1 is 1.00 bits per heavy atom. The van der Waals surface area contributed by atoms with Gasteiger partial charge in [0.2, 0.25) is 0 Å². The third-order valence-corrected chi connectivity index (χ3v) is 2.91. The van der Waals surface area contributed by atoms with Crippen molar-refractivity contribution in [2.24, 2.45) is 0 Å². The lowest BCUT2D eigenvalue weighted by Crippen LogP contribution is -1.97. The molecule has 0 saturated heterocycles. The van der Waals surface area contributed by atoms with Gasteiger partial charge in [0.25, 0.3) is 0 Å². The lowest BCUT2D eigenvalue weighted by Gasteiger charge is -2.02. The van der Waals surface area contributed by atoms with Gasteiger partial charge in [-0.1, -0.05) is 18.2 Å². The Morgan fingerprint density at radius 3 is 2.50 bits per heavy atom. The minimum Gasteiger partial charge on any atom is -0.508 e. The zero-order valence-corrected chi connectivity index (χ0v) is 10.8. The highest BCUT2D eigenvalue weighted by Crippen LogP contribution is 2.20. The summed E-state index contributed by atoms with van der Waals surface area (Å²) in [4.78, 5) is 7.55. The van der Waals surface area contributed by atoms with Crippen LogP contribution in [0.2, 0.25) is 0 Å². The van der Waals surface area contributed by atoms with E-state index in [1.54, 1.807) is 12.1 Å². The number of aromatic hydroxyl groups is 1. The van der Waals surface area contributed by atoms with E-state index >= 15 is 0 Å². The van der Waals surface area contributed by atoms with Gasteiger partial charge in [-0.05, 0) is 36.4 Å². The van der Waals surface area contributed by atoms with Crippen LogP contribution in [0, 0.1) is 0 Å². The number of phenolic OH excluding ortho intramolecular Hbond substituents is 1. The van der Waals surface area contributed by atoms with E-state index in [0.29, 0.717) is 6.61 Å². The lowest BCUT2D eigenvalue weighted by atomic mass is 10.2. The van der Waals surface area contributed by atoms with Gasteiger partial charge in [0.15, 0.2) is 0 Å². The van der Waals surface area contributed by atoms with Crippen molar-refractivity contribution in [1.29, 1.82) is 0 Å². The number of imidazole rings is 1. The minimum absolute atomic E-state index is 0.247. The first kappa shape index (κ1) is 12.3. The summed E-state index contributed by atoms with van der Waals surface area (Å²) in [5, 5.41) is 9.27. The van der Waals surface area contributed by atoms with E-state index in [4.69, 9.17) is 4.74 Å². The summed E-state index contributed by atoms with van der Waals surface area (Å²) in [5.41, 5.74) is 1.78. The minimum atomic E-state index is 0.247. The predicted octanol–water partition coefficient (Wildman–Crippen LogP) is 3.36. The van der Waals surface area contributed by atoms with Crippen LogP contribution in [0.15, 0.2) is 60.8 Å². The second-order valence-electron chi connectivity index (χ2n) is 4.38. The van der Waals surface area contributed by atoms with Gasteiger partial charge in [-0.3, -0.25) is 0 Å². The van der Waals surface area contributed by atoms with E-state index in [-0.39, 0.29) is 5.75 Å². The average molecular weight is 266 g/mol. The molecule has 0 fully saturated rings. The highest BCUT2D eigenvalue weighted by Gasteiger charge is 2.04. The second kappa shape index (κ2) is 5.48. The summed E-state index contributed by atoms with van der Waals surface area (Å²) in [6, 6.07) is 16.6. The highest BCUT2D eigenvalue weighted by molar-refractivity contribution is 5.59. The van der Waals surface area contributed by atoms with Gasteiger partial charge >= 0.3 is 0 Å². The molecule has 1 heterocycles. The molecule has 3 aromatic rings. The molecule has 1 aromatic heterocycles. The zero-order chi connectivity index (χ0) is 13.8. The molecule has 2 aromatic carbocycles. The number of aromatic amines is 1. The van der Waals surface area contributed by atoms with E-state index in [1.165, 1.54) is 0 Å². The Labute approximate surface area is 116 Å². The number of hydrogen-bond donors (Lipinski definition) is 2. The third-order valence-electron chi connectivity index (χ3n) is 2.91. The van der Waals surface area contributed by atoms with E-state index in [9.17, 15) is 5.11 Å². The topological polar surface area (TPSA) is 58.1 Å². The zero-order valence-electron chi connectivity index (χ0n) is 10.8. The van der Waals surface area contributed by atoms with Crippen molar-refractivity contribution < 1.29 is 9.84 Å². The molecule has 0 saturated carbocycles. The first-order chi connectivity index (χ1) is 9.81. The van der Waals surface area contributed by atoms with Gasteiger partial charge in [0, 0.05) is 11.8 Å². The normalized spacial score (nSPS) is 10.4. The third kappa shape index (κ3) is 2.80. The molecule has 0 unspecified atom stereocenters. The van der Waals surface area contributed by atoms with Crippen LogP contribution in [-0.2, 0) is 6.61 Å². The Balaban J connectivity index is 1.69. The number of benzene rings is 2. The second-order valence-corrected chi connectivity index (χ2v) is 4.38. The molecule has 0 amide bonds. The molecule has 0 bridgehead atoms. The number of nitrogens with one attached hydrogen (secondary N) is 1. The molecule has 3 rings (SSSR count). The molecule has 0 radical (unpaired) electrons. The number of nitrogens with zero attached hydrogens (tertiary/aromatic N) is 1. The van der Waals surface area contributed by atoms with Crippen LogP contribution >= 0.6 is 0 Å². The number of H-pyrrole nitrogens is 1. The van der Waals surface area contributed by atoms with E-state index in [2.05, 4.69) is 9.97 Å². The van der Waals surface area contributed by atoms with Gasteiger partial charge < -0.3 is 14.8 Å².